The van der Waals surface area contributed by atoms with Gasteiger partial charge in [-0.3, -0.25) is 9.78 Å². The van der Waals surface area contributed by atoms with Gasteiger partial charge in [0, 0.05) is 12.6 Å². The summed E-state index contributed by atoms with van der Waals surface area (Å²) in [5, 5.41) is 0. The molecule has 0 bridgehead atoms. The van der Waals surface area contributed by atoms with Gasteiger partial charge in [0.25, 0.3) is 5.91 Å². The molecular formula is C20H21N3O. The normalized spacial score (nSPS) is 12.1. The van der Waals surface area contributed by atoms with Gasteiger partial charge in [0.15, 0.2) is 0 Å². The van der Waals surface area contributed by atoms with Crippen LogP contribution in [-0.4, -0.2) is 26.8 Å². The first-order chi connectivity index (χ1) is 11.7. The summed E-state index contributed by atoms with van der Waals surface area (Å²) in [5.41, 5.74) is 3.05. The molecular weight excluding hydrogens is 298 g/mol. The number of para-hydroxylation sites is 2. The van der Waals surface area contributed by atoms with Crippen LogP contribution < -0.4 is 0 Å². The highest BCUT2D eigenvalue weighted by Gasteiger charge is 2.22. The number of hydrogen-bond acceptors (Lipinski definition) is 3. The Morgan fingerprint density at radius 3 is 2.42 bits per heavy atom. The number of aromatic nitrogens is 2. The molecule has 3 rings (SSSR count). The molecule has 1 aromatic heterocycles. The Labute approximate surface area is 142 Å². The molecule has 0 aliphatic heterocycles. The molecule has 0 N–H and O–H groups in total. The van der Waals surface area contributed by atoms with Gasteiger partial charge >= 0.3 is 0 Å². The van der Waals surface area contributed by atoms with Crippen molar-refractivity contribution in [2.45, 2.75) is 32.9 Å². The average molecular weight is 319 g/mol. The molecule has 3 aromatic rings. The highest BCUT2D eigenvalue weighted by molar-refractivity contribution is 5.94. The smallest absolute Gasteiger partial charge is 0.274 e. The first-order valence-corrected chi connectivity index (χ1v) is 8.25. The summed E-state index contributed by atoms with van der Waals surface area (Å²) >= 11 is 0. The summed E-state index contributed by atoms with van der Waals surface area (Å²) in [4.78, 5) is 23.8. The fourth-order valence-electron chi connectivity index (χ4n) is 2.64. The predicted molar refractivity (Wildman–Crippen MR) is 95.6 cm³/mol. The molecule has 4 nitrogen and oxygen atoms in total. The third-order valence-corrected chi connectivity index (χ3v) is 4.25. The molecule has 0 radical (unpaired) electrons. The fraction of sp³-hybridized carbons (Fsp3) is 0.250. The largest absolute Gasteiger partial charge is 0.330 e. The maximum atomic E-state index is 13.0. The van der Waals surface area contributed by atoms with Gasteiger partial charge in [-0.2, -0.15) is 0 Å². The summed E-state index contributed by atoms with van der Waals surface area (Å²) in [6.07, 6.45) is 2.46. The zero-order chi connectivity index (χ0) is 16.9. The van der Waals surface area contributed by atoms with Gasteiger partial charge in [0.1, 0.15) is 5.69 Å². The number of carbonyl (C=O) groups is 1. The van der Waals surface area contributed by atoms with Crippen LogP contribution in [-0.2, 0) is 6.54 Å². The van der Waals surface area contributed by atoms with Crippen molar-refractivity contribution in [3.8, 4) is 0 Å². The van der Waals surface area contributed by atoms with E-state index in [1.807, 2.05) is 59.5 Å². The Bertz CT molecular complexity index is 832. The zero-order valence-corrected chi connectivity index (χ0v) is 14.0. The van der Waals surface area contributed by atoms with Crippen LogP contribution >= 0.6 is 0 Å². The van der Waals surface area contributed by atoms with Crippen molar-refractivity contribution in [3.05, 3.63) is 72.1 Å². The monoisotopic (exact) mass is 319 g/mol. The highest BCUT2D eigenvalue weighted by atomic mass is 16.2. The van der Waals surface area contributed by atoms with Gasteiger partial charge in [-0.1, -0.05) is 49.4 Å². The van der Waals surface area contributed by atoms with Crippen LogP contribution in [0.2, 0.25) is 0 Å². The van der Waals surface area contributed by atoms with Crippen LogP contribution in [0.15, 0.2) is 60.8 Å². The molecule has 2 aromatic carbocycles. The van der Waals surface area contributed by atoms with E-state index in [9.17, 15) is 4.79 Å². The number of hydrogen-bond donors (Lipinski definition) is 0. The Hall–Kier alpha value is -2.75. The zero-order valence-electron chi connectivity index (χ0n) is 14.0. The predicted octanol–water partition coefficient (Wildman–Crippen LogP) is 4.07. The number of benzene rings is 2. The van der Waals surface area contributed by atoms with E-state index in [0.717, 1.165) is 23.0 Å². The van der Waals surface area contributed by atoms with E-state index in [-0.39, 0.29) is 11.9 Å². The number of rotatable bonds is 5. The van der Waals surface area contributed by atoms with E-state index < -0.39 is 0 Å². The Balaban J connectivity index is 1.91. The lowest BCUT2D eigenvalue weighted by Crippen LogP contribution is -2.38. The minimum Gasteiger partial charge on any atom is -0.330 e. The first kappa shape index (κ1) is 16.1. The van der Waals surface area contributed by atoms with Crippen LogP contribution in [0, 0.1) is 0 Å². The lowest BCUT2D eigenvalue weighted by Gasteiger charge is -2.28. The van der Waals surface area contributed by atoms with Crippen LogP contribution in [0.1, 0.15) is 36.3 Å². The van der Waals surface area contributed by atoms with Gasteiger partial charge in [-0.15, -0.1) is 0 Å². The molecule has 1 heterocycles. The summed E-state index contributed by atoms with van der Waals surface area (Å²) in [6, 6.07) is 17.8. The molecule has 24 heavy (non-hydrogen) atoms. The van der Waals surface area contributed by atoms with E-state index in [4.69, 9.17) is 0 Å². The van der Waals surface area contributed by atoms with Gasteiger partial charge in [-0.05, 0) is 31.0 Å². The minimum atomic E-state index is -0.0774. The Morgan fingerprint density at radius 2 is 1.71 bits per heavy atom. The van der Waals surface area contributed by atoms with E-state index in [1.54, 1.807) is 6.20 Å². The van der Waals surface area contributed by atoms with Crippen molar-refractivity contribution < 1.29 is 4.79 Å². The first-order valence-electron chi connectivity index (χ1n) is 8.25. The second-order valence-electron chi connectivity index (χ2n) is 5.92. The van der Waals surface area contributed by atoms with Gasteiger partial charge in [0.05, 0.1) is 17.2 Å². The third-order valence-electron chi connectivity index (χ3n) is 4.25. The van der Waals surface area contributed by atoms with E-state index in [0.29, 0.717) is 12.2 Å². The van der Waals surface area contributed by atoms with Crippen molar-refractivity contribution >= 4 is 16.9 Å². The van der Waals surface area contributed by atoms with Crippen LogP contribution in [0.4, 0.5) is 0 Å². The Kier molecular flexibility index (Phi) is 4.85. The molecule has 0 fully saturated rings. The fourth-order valence-corrected chi connectivity index (χ4v) is 2.64. The third kappa shape index (κ3) is 3.43. The molecule has 0 spiro atoms. The summed E-state index contributed by atoms with van der Waals surface area (Å²) < 4.78 is 0. The summed E-state index contributed by atoms with van der Waals surface area (Å²) in [5.74, 6) is -0.0774. The number of fused-ring (bicyclic) bond motifs is 1. The van der Waals surface area contributed by atoms with Gasteiger partial charge < -0.3 is 4.90 Å². The quantitative estimate of drug-likeness (QED) is 0.712. The molecule has 0 unspecified atom stereocenters. The van der Waals surface area contributed by atoms with Gasteiger partial charge in [-0.25, -0.2) is 4.98 Å². The molecule has 1 amide bonds. The van der Waals surface area contributed by atoms with Crippen molar-refractivity contribution in [1.29, 1.82) is 0 Å². The molecule has 4 heteroatoms. The second-order valence-corrected chi connectivity index (χ2v) is 5.92. The molecule has 122 valence electrons. The number of carbonyl (C=O) groups excluding carboxylic acids is 1. The summed E-state index contributed by atoms with van der Waals surface area (Å²) in [6.45, 7) is 4.72. The van der Waals surface area contributed by atoms with Crippen molar-refractivity contribution in [2.75, 3.05) is 0 Å². The van der Waals surface area contributed by atoms with Crippen LogP contribution in [0.3, 0.4) is 0 Å². The van der Waals surface area contributed by atoms with Gasteiger partial charge in [0.2, 0.25) is 0 Å². The summed E-state index contributed by atoms with van der Waals surface area (Å²) in [7, 11) is 0. The topological polar surface area (TPSA) is 46.1 Å². The maximum absolute atomic E-state index is 13.0. The minimum absolute atomic E-state index is 0.0774. The lowest BCUT2D eigenvalue weighted by molar-refractivity contribution is 0.0665. The number of nitrogens with zero attached hydrogens (tertiary/aromatic N) is 3. The lowest BCUT2D eigenvalue weighted by atomic mass is 10.1. The molecule has 1 atom stereocenters. The van der Waals surface area contributed by atoms with E-state index >= 15 is 0 Å². The molecule has 0 saturated heterocycles. The van der Waals surface area contributed by atoms with E-state index in [2.05, 4.69) is 23.8 Å². The van der Waals surface area contributed by atoms with E-state index in [1.165, 1.54) is 0 Å². The van der Waals surface area contributed by atoms with Crippen molar-refractivity contribution in [1.82, 2.24) is 14.9 Å². The molecule has 0 saturated carbocycles. The van der Waals surface area contributed by atoms with Crippen LogP contribution in [0.5, 0.6) is 0 Å². The average Bonchev–Trinajstić information content (AvgIpc) is 2.65. The van der Waals surface area contributed by atoms with Crippen molar-refractivity contribution in [2.24, 2.45) is 0 Å². The second kappa shape index (κ2) is 7.21. The molecule has 0 aliphatic carbocycles. The number of amides is 1. The van der Waals surface area contributed by atoms with Crippen molar-refractivity contribution in [3.63, 3.8) is 0 Å². The highest BCUT2D eigenvalue weighted by Crippen LogP contribution is 2.16. The maximum Gasteiger partial charge on any atom is 0.274 e. The SMILES string of the molecule is CC[C@@H](C)N(Cc1ccccc1)C(=O)c1cnc2ccccc2n1. The molecule has 0 aliphatic rings. The van der Waals surface area contributed by atoms with Crippen LogP contribution in [0.25, 0.3) is 11.0 Å². The Morgan fingerprint density at radius 1 is 1.04 bits per heavy atom. The standard InChI is InChI=1S/C20H21N3O/c1-3-15(2)23(14-16-9-5-4-6-10-16)20(24)19-13-21-17-11-7-8-12-18(17)22-19/h4-13,15H,3,14H2,1-2H3/t15-/m1/s1.